The SMILES string of the molecule is CON1CCC2(CC1)CC(=O)NC2=O. The Labute approximate surface area is 82.3 Å². The van der Waals surface area contributed by atoms with Crippen molar-refractivity contribution in [3.63, 3.8) is 0 Å². The van der Waals surface area contributed by atoms with Gasteiger partial charge in [0.05, 0.1) is 12.5 Å². The Morgan fingerprint density at radius 3 is 2.43 bits per heavy atom. The lowest BCUT2D eigenvalue weighted by Crippen LogP contribution is -2.43. The maximum absolute atomic E-state index is 11.6. The molecule has 2 aliphatic rings. The molecule has 5 nitrogen and oxygen atoms in total. The molecule has 0 bridgehead atoms. The summed E-state index contributed by atoms with van der Waals surface area (Å²) in [7, 11) is 1.62. The molecule has 2 rings (SSSR count). The Morgan fingerprint density at radius 1 is 1.36 bits per heavy atom. The summed E-state index contributed by atoms with van der Waals surface area (Å²) in [6.07, 6.45) is 1.76. The van der Waals surface area contributed by atoms with Crippen LogP contribution < -0.4 is 5.32 Å². The molecule has 0 aromatic heterocycles. The van der Waals surface area contributed by atoms with Gasteiger partial charge in [-0.05, 0) is 12.8 Å². The van der Waals surface area contributed by atoms with Crippen LogP contribution in [0, 0.1) is 5.41 Å². The van der Waals surface area contributed by atoms with Crippen LogP contribution in [0.3, 0.4) is 0 Å². The molecular weight excluding hydrogens is 184 g/mol. The minimum Gasteiger partial charge on any atom is -0.302 e. The predicted octanol–water partition coefficient (Wildman–Crippen LogP) is -0.324. The summed E-state index contributed by atoms with van der Waals surface area (Å²) in [6, 6.07) is 0. The van der Waals surface area contributed by atoms with Gasteiger partial charge in [0.25, 0.3) is 0 Å². The number of hydrogen-bond donors (Lipinski definition) is 1. The molecule has 2 aliphatic heterocycles. The van der Waals surface area contributed by atoms with Gasteiger partial charge in [0, 0.05) is 19.5 Å². The molecule has 2 heterocycles. The van der Waals surface area contributed by atoms with E-state index in [4.69, 9.17) is 4.84 Å². The van der Waals surface area contributed by atoms with Crippen molar-refractivity contribution in [2.75, 3.05) is 20.2 Å². The number of imide groups is 1. The lowest BCUT2D eigenvalue weighted by Gasteiger charge is -2.35. The summed E-state index contributed by atoms with van der Waals surface area (Å²) < 4.78 is 0. The van der Waals surface area contributed by atoms with Gasteiger partial charge >= 0.3 is 0 Å². The van der Waals surface area contributed by atoms with Gasteiger partial charge in [-0.25, -0.2) is 0 Å². The van der Waals surface area contributed by atoms with Crippen molar-refractivity contribution in [2.24, 2.45) is 5.41 Å². The predicted molar refractivity (Wildman–Crippen MR) is 48.0 cm³/mol. The molecule has 2 fully saturated rings. The molecule has 0 aromatic carbocycles. The van der Waals surface area contributed by atoms with E-state index >= 15 is 0 Å². The van der Waals surface area contributed by atoms with Crippen molar-refractivity contribution in [1.29, 1.82) is 0 Å². The van der Waals surface area contributed by atoms with Crippen molar-refractivity contribution in [3.05, 3.63) is 0 Å². The molecule has 5 heteroatoms. The van der Waals surface area contributed by atoms with Gasteiger partial charge in [0.1, 0.15) is 0 Å². The second kappa shape index (κ2) is 3.33. The number of nitrogens with one attached hydrogen (secondary N) is 1. The molecule has 14 heavy (non-hydrogen) atoms. The molecule has 2 saturated heterocycles. The monoisotopic (exact) mass is 198 g/mol. The normalized spacial score (nSPS) is 26.9. The first kappa shape index (κ1) is 9.61. The fourth-order valence-electron chi connectivity index (χ4n) is 2.19. The third-order valence-corrected chi connectivity index (χ3v) is 3.17. The van der Waals surface area contributed by atoms with Crippen LogP contribution in [0.25, 0.3) is 0 Å². The smallest absolute Gasteiger partial charge is 0.233 e. The zero-order valence-corrected chi connectivity index (χ0v) is 8.21. The van der Waals surface area contributed by atoms with E-state index < -0.39 is 5.41 Å². The third kappa shape index (κ3) is 1.42. The minimum absolute atomic E-state index is 0.0988. The molecule has 0 atom stereocenters. The number of nitrogens with zero attached hydrogens (tertiary/aromatic N) is 1. The highest BCUT2D eigenvalue weighted by molar-refractivity contribution is 6.05. The first-order valence-corrected chi connectivity index (χ1v) is 4.80. The Balaban J connectivity index is 2.05. The van der Waals surface area contributed by atoms with E-state index in [1.165, 1.54) is 0 Å². The van der Waals surface area contributed by atoms with Crippen LogP contribution >= 0.6 is 0 Å². The van der Waals surface area contributed by atoms with Gasteiger partial charge in [-0.2, -0.15) is 5.06 Å². The zero-order valence-electron chi connectivity index (χ0n) is 8.21. The number of hydroxylamine groups is 2. The molecule has 0 saturated carbocycles. The third-order valence-electron chi connectivity index (χ3n) is 3.17. The molecule has 0 aromatic rings. The largest absolute Gasteiger partial charge is 0.302 e. The summed E-state index contributed by atoms with van der Waals surface area (Å²) in [5.41, 5.74) is -0.438. The summed E-state index contributed by atoms with van der Waals surface area (Å²) in [4.78, 5) is 27.7. The topological polar surface area (TPSA) is 58.6 Å². The van der Waals surface area contributed by atoms with E-state index in [1.54, 1.807) is 7.11 Å². The van der Waals surface area contributed by atoms with Crippen LogP contribution in [-0.2, 0) is 14.4 Å². The van der Waals surface area contributed by atoms with Crippen LogP contribution in [0.1, 0.15) is 19.3 Å². The van der Waals surface area contributed by atoms with Gasteiger partial charge in [-0.1, -0.05) is 0 Å². The van der Waals surface area contributed by atoms with Crippen LogP contribution in [0.15, 0.2) is 0 Å². The number of carbonyl (C=O) groups is 2. The van der Waals surface area contributed by atoms with Crippen molar-refractivity contribution in [3.8, 4) is 0 Å². The number of piperidine rings is 1. The van der Waals surface area contributed by atoms with E-state index in [2.05, 4.69) is 5.32 Å². The van der Waals surface area contributed by atoms with E-state index in [9.17, 15) is 9.59 Å². The fraction of sp³-hybridized carbons (Fsp3) is 0.778. The van der Waals surface area contributed by atoms with Crippen molar-refractivity contribution < 1.29 is 14.4 Å². The molecule has 1 spiro atoms. The highest BCUT2D eigenvalue weighted by atomic mass is 16.7. The molecule has 0 unspecified atom stereocenters. The lowest BCUT2D eigenvalue weighted by atomic mass is 9.77. The van der Waals surface area contributed by atoms with Gasteiger partial charge in [-0.3, -0.25) is 14.9 Å². The zero-order chi connectivity index (χ0) is 10.2. The first-order valence-electron chi connectivity index (χ1n) is 4.80. The van der Waals surface area contributed by atoms with Crippen molar-refractivity contribution in [1.82, 2.24) is 10.4 Å². The van der Waals surface area contributed by atoms with Gasteiger partial charge in [0.2, 0.25) is 11.8 Å². The van der Waals surface area contributed by atoms with Crippen molar-refractivity contribution >= 4 is 11.8 Å². The number of hydrogen-bond acceptors (Lipinski definition) is 4. The van der Waals surface area contributed by atoms with E-state index in [0.29, 0.717) is 19.3 Å². The Morgan fingerprint density at radius 2 is 2.00 bits per heavy atom. The van der Waals surface area contributed by atoms with Gasteiger partial charge in [-0.15, -0.1) is 0 Å². The average molecular weight is 198 g/mol. The number of amides is 2. The fourth-order valence-corrected chi connectivity index (χ4v) is 2.19. The minimum atomic E-state index is -0.438. The maximum atomic E-state index is 11.6. The molecule has 1 N–H and O–H groups in total. The van der Waals surface area contributed by atoms with Crippen LogP contribution in [-0.4, -0.2) is 37.1 Å². The first-order chi connectivity index (χ1) is 6.66. The van der Waals surface area contributed by atoms with Crippen molar-refractivity contribution in [2.45, 2.75) is 19.3 Å². The molecule has 78 valence electrons. The second-order valence-corrected chi connectivity index (χ2v) is 3.95. The summed E-state index contributed by atoms with van der Waals surface area (Å²) in [6.45, 7) is 1.44. The van der Waals surface area contributed by atoms with Crippen LogP contribution in [0.4, 0.5) is 0 Å². The van der Waals surface area contributed by atoms with E-state index in [1.807, 2.05) is 5.06 Å². The second-order valence-electron chi connectivity index (χ2n) is 3.95. The maximum Gasteiger partial charge on any atom is 0.233 e. The summed E-state index contributed by atoms with van der Waals surface area (Å²) in [5.74, 6) is -0.237. The van der Waals surface area contributed by atoms with Crippen LogP contribution in [0.5, 0.6) is 0 Å². The van der Waals surface area contributed by atoms with Crippen LogP contribution in [0.2, 0.25) is 0 Å². The summed E-state index contributed by atoms with van der Waals surface area (Å²) >= 11 is 0. The highest BCUT2D eigenvalue weighted by Crippen LogP contribution is 2.38. The highest BCUT2D eigenvalue weighted by Gasteiger charge is 2.48. The number of carbonyl (C=O) groups excluding carboxylic acids is 2. The molecule has 2 amide bonds. The van der Waals surface area contributed by atoms with E-state index in [-0.39, 0.29) is 11.8 Å². The van der Waals surface area contributed by atoms with E-state index in [0.717, 1.165) is 13.1 Å². The number of rotatable bonds is 1. The molecule has 0 aliphatic carbocycles. The Hall–Kier alpha value is -0.940. The lowest BCUT2D eigenvalue weighted by molar-refractivity contribution is -0.164. The average Bonchev–Trinajstić information content (AvgIpc) is 2.43. The molecular formula is C9H14N2O3. The Bertz CT molecular complexity index is 269. The molecule has 0 radical (unpaired) electrons. The van der Waals surface area contributed by atoms with Gasteiger partial charge < -0.3 is 4.84 Å². The Kier molecular flexibility index (Phi) is 2.28. The summed E-state index contributed by atoms with van der Waals surface area (Å²) in [5, 5.41) is 4.19. The quantitative estimate of drug-likeness (QED) is 0.586. The van der Waals surface area contributed by atoms with Gasteiger partial charge in [0.15, 0.2) is 0 Å². The standard InChI is InChI=1S/C9H14N2O3/c1-14-11-4-2-9(3-5-11)6-7(12)10-8(9)13/h2-6H2,1H3,(H,10,12,13).